The summed E-state index contributed by atoms with van der Waals surface area (Å²) in [6, 6.07) is 8.86. The smallest absolute Gasteiger partial charge is 0.229 e. The van der Waals surface area contributed by atoms with Crippen LogP contribution in [-0.4, -0.2) is 71.1 Å². The van der Waals surface area contributed by atoms with Crippen LogP contribution in [0.5, 0.6) is 5.75 Å². The average molecular weight is 608 g/mol. The SMILES string of the molecule is COc1cc2c(cc1Nc1ncc(Br)c(Nc3ccc4nccnc4c3P(C)C)n1)CCN(C1CCOC1)C2. The van der Waals surface area contributed by atoms with Crippen molar-refractivity contribution in [2.24, 2.45) is 0 Å². The molecule has 1 unspecified atom stereocenters. The summed E-state index contributed by atoms with van der Waals surface area (Å²) >= 11 is 3.62. The summed E-state index contributed by atoms with van der Waals surface area (Å²) in [6.45, 7) is 8.07. The van der Waals surface area contributed by atoms with E-state index >= 15 is 0 Å². The van der Waals surface area contributed by atoms with Crippen molar-refractivity contribution in [3.63, 3.8) is 0 Å². The van der Waals surface area contributed by atoms with Gasteiger partial charge in [-0.25, -0.2) is 4.98 Å². The number of nitrogens with zero attached hydrogens (tertiary/aromatic N) is 5. The third kappa shape index (κ3) is 5.43. The Morgan fingerprint density at radius 2 is 1.95 bits per heavy atom. The number of ether oxygens (including phenoxy) is 2. The molecule has 9 nitrogen and oxygen atoms in total. The van der Waals surface area contributed by atoms with Crippen LogP contribution in [0.2, 0.25) is 0 Å². The van der Waals surface area contributed by atoms with E-state index in [0.717, 1.165) is 77.1 Å². The Hall–Kier alpha value is -2.91. The fourth-order valence-corrected chi connectivity index (χ4v) is 6.83. The lowest BCUT2D eigenvalue weighted by Crippen LogP contribution is -2.39. The standard InChI is InChI=1S/C28H31BrN7O2P/c1-37-24-13-18-15-36(19-7-11-38-16-19)10-6-17(18)12-23(24)34-28-32-14-20(29)27(35-28)33-22-5-4-21-25(26(22)39(2)3)31-9-8-30-21/h4-5,8-9,12-14,19H,6-7,10-11,15-16H2,1-3H3,(H2,32,33,34,35). The zero-order valence-electron chi connectivity index (χ0n) is 22.2. The molecule has 2 aliphatic rings. The highest BCUT2D eigenvalue weighted by atomic mass is 79.9. The highest BCUT2D eigenvalue weighted by Gasteiger charge is 2.27. The maximum absolute atomic E-state index is 5.78. The van der Waals surface area contributed by atoms with E-state index in [0.29, 0.717) is 17.8 Å². The summed E-state index contributed by atoms with van der Waals surface area (Å²) < 4.78 is 12.2. The van der Waals surface area contributed by atoms with Gasteiger partial charge in [0, 0.05) is 55.3 Å². The Morgan fingerprint density at radius 3 is 2.74 bits per heavy atom. The Labute approximate surface area is 237 Å². The van der Waals surface area contributed by atoms with E-state index in [1.807, 2.05) is 12.1 Å². The van der Waals surface area contributed by atoms with E-state index in [1.165, 1.54) is 11.1 Å². The fraction of sp³-hybridized carbons (Fsp3) is 0.357. The number of methoxy groups -OCH3 is 1. The van der Waals surface area contributed by atoms with Gasteiger partial charge < -0.3 is 20.1 Å². The quantitative estimate of drug-likeness (QED) is 0.275. The van der Waals surface area contributed by atoms with E-state index in [-0.39, 0.29) is 0 Å². The van der Waals surface area contributed by atoms with Crippen molar-refractivity contribution in [3.05, 3.63) is 58.5 Å². The van der Waals surface area contributed by atoms with Crippen LogP contribution >= 0.6 is 23.9 Å². The molecular weight excluding hydrogens is 577 g/mol. The summed E-state index contributed by atoms with van der Waals surface area (Å²) in [5.74, 6) is 1.93. The third-order valence-electron chi connectivity index (χ3n) is 7.29. The highest BCUT2D eigenvalue weighted by molar-refractivity contribution is 9.10. The second kappa shape index (κ2) is 11.3. The van der Waals surface area contributed by atoms with Gasteiger partial charge in [-0.15, -0.1) is 0 Å². The van der Waals surface area contributed by atoms with E-state index in [9.17, 15) is 0 Å². The third-order valence-corrected chi connectivity index (χ3v) is 9.22. The number of hydrogen-bond donors (Lipinski definition) is 2. The van der Waals surface area contributed by atoms with Gasteiger partial charge in [0.15, 0.2) is 0 Å². The van der Waals surface area contributed by atoms with Crippen LogP contribution in [0.25, 0.3) is 11.0 Å². The number of aromatic nitrogens is 4. The number of rotatable bonds is 7. The maximum Gasteiger partial charge on any atom is 0.229 e. The number of anilines is 4. The molecule has 202 valence electrons. The lowest BCUT2D eigenvalue weighted by molar-refractivity contribution is 0.135. The van der Waals surface area contributed by atoms with Gasteiger partial charge in [-0.1, -0.05) is 7.92 Å². The number of fused-ring (bicyclic) bond motifs is 2. The first-order valence-electron chi connectivity index (χ1n) is 13.0. The van der Waals surface area contributed by atoms with Crippen molar-refractivity contribution in [3.8, 4) is 5.75 Å². The molecular formula is C28H31BrN7O2P. The molecule has 6 rings (SSSR count). The minimum atomic E-state index is -0.454. The van der Waals surface area contributed by atoms with Crippen molar-refractivity contribution in [2.75, 3.05) is 50.8 Å². The predicted octanol–water partition coefficient (Wildman–Crippen LogP) is 5.19. The highest BCUT2D eigenvalue weighted by Crippen LogP contribution is 2.36. The molecule has 2 N–H and O–H groups in total. The molecule has 1 saturated heterocycles. The van der Waals surface area contributed by atoms with Gasteiger partial charge in [0.05, 0.1) is 34.9 Å². The molecule has 4 heterocycles. The molecule has 11 heteroatoms. The van der Waals surface area contributed by atoms with Crippen molar-refractivity contribution < 1.29 is 9.47 Å². The van der Waals surface area contributed by atoms with Gasteiger partial charge in [-0.05, 0) is 77.5 Å². The van der Waals surface area contributed by atoms with Gasteiger partial charge in [0.1, 0.15) is 11.6 Å². The van der Waals surface area contributed by atoms with Crippen LogP contribution in [0, 0.1) is 0 Å². The van der Waals surface area contributed by atoms with Crippen molar-refractivity contribution in [1.29, 1.82) is 0 Å². The van der Waals surface area contributed by atoms with Gasteiger partial charge in [-0.3, -0.25) is 14.9 Å². The van der Waals surface area contributed by atoms with Crippen LogP contribution in [0.3, 0.4) is 0 Å². The maximum atomic E-state index is 5.78. The van der Waals surface area contributed by atoms with Crippen molar-refractivity contribution in [1.82, 2.24) is 24.8 Å². The Kier molecular flexibility index (Phi) is 7.62. The molecule has 0 saturated carbocycles. The molecule has 2 aromatic heterocycles. The molecule has 0 spiro atoms. The summed E-state index contributed by atoms with van der Waals surface area (Å²) in [5, 5.41) is 8.07. The first kappa shape index (κ1) is 26.3. The molecule has 2 aromatic carbocycles. The predicted molar refractivity (Wildman–Crippen MR) is 161 cm³/mol. The number of hydrogen-bond acceptors (Lipinski definition) is 9. The topological polar surface area (TPSA) is 97.3 Å². The second-order valence-corrected chi connectivity index (χ2v) is 13.1. The molecule has 0 bridgehead atoms. The van der Waals surface area contributed by atoms with E-state index in [4.69, 9.17) is 14.5 Å². The van der Waals surface area contributed by atoms with Gasteiger partial charge in [0.2, 0.25) is 5.95 Å². The van der Waals surface area contributed by atoms with E-state index in [2.05, 4.69) is 71.9 Å². The minimum absolute atomic E-state index is 0.454. The van der Waals surface area contributed by atoms with E-state index < -0.39 is 7.92 Å². The number of nitrogens with one attached hydrogen (secondary N) is 2. The summed E-state index contributed by atoms with van der Waals surface area (Å²) in [4.78, 5) is 21.0. The van der Waals surface area contributed by atoms with Gasteiger partial charge in [-0.2, -0.15) is 4.98 Å². The molecule has 0 amide bonds. The molecule has 2 aliphatic heterocycles. The Morgan fingerprint density at radius 1 is 1.08 bits per heavy atom. The number of halogens is 1. The first-order valence-corrected chi connectivity index (χ1v) is 16.0. The monoisotopic (exact) mass is 607 g/mol. The van der Waals surface area contributed by atoms with Crippen LogP contribution < -0.4 is 20.7 Å². The molecule has 4 aromatic rings. The van der Waals surface area contributed by atoms with Crippen LogP contribution in [0.1, 0.15) is 17.5 Å². The lowest BCUT2D eigenvalue weighted by atomic mass is 9.97. The molecule has 0 radical (unpaired) electrons. The minimum Gasteiger partial charge on any atom is -0.495 e. The van der Waals surface area contributed by atoms with Crippen LogP contribution in [0.4, 0.5) is 23.1 Å². The number of benzene rings is 2. The van der Waals surface area contributed by atoms with Gasteiger partial charge in [0.25, 0.3) is 0 Å². The lowest BCUT2D eigenvalue weighted by Gasteiger charge is -2.33. The average Bonchev–Trinajstić information content (AvgIpc) is 3.49. The molecule has 0 aliphatic carbocycles. The fourth-order valence-electron chi connectivity index (χ4n) is 5.34. The molecule has 1 fully saturated rings. The van der Waals surface area contributed by atoms with Crippen molar-refractivity contribution in [2.45, 2.75) is 25.4 Å². The summed E-state index contributed by atoms with van der Waals surface area (Å²) in [5.41, 5.74) is 6.25. The normalized spacial score (nSPS) is 17.4. The zero-order chi connectivity index (χ0) is 26.9. The Bertz CT molecular complexity index is 1510. The van der Waals surface area contributed by atoms with Crippen LogP contribution in [0.15, 0.2) is 47.3 Å². The second-order valence-electron chi connectivity index (χ2n) is 9.98. The van der Waals surface area contributed by atoms with E-state index in [1.54, 1.807) is 25.7 Å². The van der Waals surface area contributed by atoms with Crippen molar-refractivity contribution >= 4 is 63.3 Å². The first-order chi connectivity index (χ1) is 19.0. The zero-order valence-corrected chi connectivity index (χ0v) is 24.7. The largest absolute Gasteiger partial charge is 0.495 e. The Balaban J connectivity index is 1.27. The molecule has 1 atom stereocenters. The van der Waals surface area contributed by atoms with Gasteiger partial charge >= 0.3 is 0 Å². The molecule has 39 heavy (non-hydrogen) atoms. The van der Waals surface area contributed by atoms with Crippen LogP contribution in [-0.2, 0) is 17.7 Å². The summed E-state index contributed by atoms with van der Waals surface area (Å²) in [6.07, 6.45) is 7.31. The summed E-state index contributed by atoms with van der Waals surface area (Å²) in [7, 11) is 1.25.